The fraction of sp³-hybridized carbons (Fsp3) is 0.412. The van der Waals surface area contributed by atoms with Crippen LogP contribution in [0.1, 0.15) is 37.6 Å². The number of ether oxygens (including phenoxy) is 1. The molecule has 0 atom stereocenters. The number of hydrogen-bond acceptors (Lipinski definition) is 5. The van der Waals surface area contributed by atoms with Crippen molar-refractivity contribution in [2.24, 2.45) is 0 Å². The second-order valence-corrected chi connectivity index (χ2v) is 6.11. The van der Waals surface area contributed by atoms with Crippen LogP contribution in [0.2, 0.25) is 0 Å². The zero-order chi connectivity index (χ0) is 18.6. The number of amides is 4. The lowest BCUT2D eigenvalue weighted by molar-refractivity contribution is -0.130. The topological polar surface area (TPSA) is 105 Å². The second kappa shape index (κ2) is 7.33. The van der Waals surface area contributed by atoms with Gasteiger partial charge in [-0.1, -0.05) is 6.07 Å². The molecule has 8 nitrogen and oxygen atoms in total. The molecule has 1 aromatic rings. The van der Waals surface area contributed by atoms with Gasteiger partial charge in [-0.05, 0) is 39.0 Å². The highest BCUT2D eigenvalue weighted by Crippen LogP contribution is 2.17. The molecule has 0 aromatic heterocycles. The predicted octanol–water partition coefficient (Wildman–Crippen LogP) is 1.52. The van der Waals surface area contributed by atoms with Crippen LogP contribution in [0.25, 0.3) is 0 Å². The fourth-order valence-electron chi connectivity index (χ4n) is 2.40. The third kappa shape index (κ3) is 4.34. The van der Waals surface area contributed by atoms with Crippen LogP contribution in [0.3, 0.4) is 0 Å². The van der Waals surface area contributed by atoms with Crippen molar-refractivity contribution < 1.29 is 23.9 Å². The first-order valence-corrected chi connectivity index (χ1v) is 7.95. The van der Waals surface area contributed by atoms with Gasteiger partial charge in [0.15, 0.2) is 0 Å². The Kier molecular flexibility index (Phi) is 5.41. The van der Waals surface area contributed by atoms with Gasteiger partial charge in [0.05, 0.1) is 12.2 Å². The van der Waals surface area contributed by atoms with Crippen molar-refractivity contribution >= 4 is 29.5 Å². The van der Waals surface area contributed by atoms with E-state index in [0.717, 1.165) is 4.90 Å². The van der Waals surface area contributed by atoms with E-state index in [-0.39, 0.29) is 31.4 Å². The quantitative estimate of drug-likeness (QED) is 0.600. The second-order valence-electron chi connectivity index (χ2n) is 6.11. The summed E-state index contributed by atoms with van der Waals surface area (Å²) in [6, 6.07) is 5.85. The molecule has 2 N–H and O–H groups in total. The third-order valence-electron chi connectivity index (χ3n) is 3.66. The van der Waals surface area contributed by atoms with Crippen molar-refractivity contribution in [2.75, 3.05) is 18.5 Å². The van der Waals surface area contributed by atoms with Crippen LogP contribution in [-0.4, -0.2) is 47.4 Å². The van der Waals surface area contributed by atoms with Gasteiger partial charge in [-0.2, -0.15) is 0 Å². The molecule has 0 saturated carbocycles. The van der Waals surface area contributed by atoms with E-state index in [1.807, 2.05) is 0 Å². The summed E-state index contributed by atoms with van der Waals surface area (Å²) in [6.07, 6.45) is -0.0428. The van der Waals surface area contributed by atoms with Gasteiger partial charge in [0.2, 0.25) is 5.91 Å². The first-order valence-electron chi connectivity index (χ1n) is 7.95. The maximum Gasteiger partial charge on any atom is 0.338 e. The highest BCUT2D eigenvalue weighted by atomic mass is 16.5. The van der Waals surface area contributed by atoms with E-state index in [9.17, 15) is 19.2 Å². The summed E-state index contributed by atoms with van der Waals surface area (Å²) in [6.45, 7) is 5.16. The Morgan fingerprint density at radius 3 is 2.60 bits per heavy atom. The molecule has 134 valence electrons. The average molecular weight is 347 g/mol. The van der Waals surface area contributed by atoms with E-state index in [1.165, 1.54) is 6.07 Å². The SMILES string of the molecule is CCOC(=O)c1cccc(NC(=O)CCN2C(=O)NC(C)(C)C2=O)c1. The normalized spacial score (nSPS) is 15.7. The van der Waals surface area contributed by atoms with Crippen LogP contribution < -0.4 is 10.6 Å². The zero-order valence-corrected chi connectivity index (χ0v) is 14.4. The summed E-state index contributed by atoms with van der Waals surface area (Å²) >= 11 is 0. The summed E-state index contributed by atoms with van der Waals surface area (Å²) in [5.74, 6) is -1.21. The molecule has 8 heteroatoms. The van der Waals surface area contributed by atoms with Crippen LogP contribution in [0.15, 0.2) is 24.3 Å². The Labute approximate surface area is 145 Å². The number of anilines is 1. The van der Waals surface area contributed by atoms with Crippen LogP contribution in [0.5, 0.6) is 0 Å². The fourth-order valence-corrected chi connectivity index (χ4v) is 2.40. The van der Waals surface area contributed by atoms with Gasteiger partial charge in [-0.15, -0.1) is 0 Å². The molecule has 0 spiro atoms. The number of nitrogens with zero attached hydrogens (tertiary/aromatic N) is 1. The van der Waals surface area contributed by atoms with E-state index in [2.05, 4.69) is 10.6 Å². The molecule has 1 saturated heterocycles. The summed E-state index contributed by atoms with van der Waals surface area (Å²) < 4.78 is 4.91. The first kappa shape index (κ1) is 18.4. The molecule has 4 amide bonds. The van der Waals surface area contributed by atoms with E-state index >= 15 is 0 Å². The van der Waals surface area contributed by atoms with Crippen molar-refractivity contribution in [3.05, 3.63) is 29.8 Å². The summed E-state index contributed by atoms with van der Waals surface area (Å²) in [5.41, 5.74) is -0.190. The van der Waals surface area contributed by atoms with E-state index in [4.69, 9.17) is 4.74 Å². The molecule has 25 heavy (non-hydrogen) atoms. The van der Waals surface area contributed by atoms with Crippen LogP contribution in [-0.2, 0) is 14.3 Å². The van der Waals surface area contributed by atoms with Crippen molar-refractivity contribution in [3.63, 3.8) is 0 Å². The number of imide groups is 1. The number of hydrogen-bond donors (Lipinski definition) is 2. The molecule has 1 aliphatic rings. The Hall–Kier alpha value is -2.90. The minimum atomic E-state index is -0.957. The highest BCUT2D eigenvalue weighted by Gasteiger charge is 2.43. The number of nitrogens with one attached hydrogen (secondary N) is 2. The van der Waals surface area contributed by atoms with E-state index in [0.29, 0.717) is 11.3 Å². The molecular formula is C17H21N3O5. The average Bonchev–Trinajstić information content (AvgIpc) is 2.74. The minimum absolute atomic E-state index is 0.0164. The van der Waals surface area contributed by atoms with Crippen LogP contribution in [0, 0.1) is 0 Å². The number of urea groups is 1. The lowest BCUT2D eigenvalue weighted by atomic mass is 10.1. The third-order valence-corrected chi connectivity index (χ3v) is 3.66. The molecule has 0 bridgehead atoms. The Bertz CT molecular complexity index is 714. The Morgan fingerprint density at radius 2 is 2.00 bits per heavy atom. The minimum Gasteiger partial charge on any atom is -0.462 e. The largest absolute Gasteiger partial charge is 0.462 e. The predicted molar refractivity (Wildman–Crippen MR) is 90.0 cm³/mol. The maximum atomic E-state index is 12.1. The van der Waals surface area contributed by atoms with Crippen LogP contribution in [0.4, 0.5) is 10.5 Å². The number of carbonyl (C=O) groups excluding carboxylic acids is 4. The number of rotatable bonds is 6. The van der Waals surface area contributed by atoms with E-state index in [1.54, 1.807) is 39.0 Å². The smallest absolute Gasteiger partial charge is 0.338 e. The van der Waals surface area contributed by atoms with Crippen molar-refractivity contribution in [3.8, 4) is 0 Å². The van der Waals surface area contributed by atoms with Gasteiger partial charge < -0.3 is 15.4 Å². The summed E-state index contributed by atoms with van der Waals surface area (Å²) in [7, 11) is 0. The summed E-state index contributed by atoms with van der Waals surface area (Å²) in [5, 5.41) is 5.19. The molecule has 1 aliphatic heterocycles. The van der Waals surface area contributed by atoms with Gasteiger partial charge in [0.25, 0.3) is 5.91 Å². The van der Waals surface area contributed by atoms with Gasteiger partial charge in [-0.25, -0.2) is 9.59 Å². The van der Waals surface area contributed by atoms with Gasteiger partial charge in [-0.3, -0.25) is 14.5 Å². The van der Waals surface area contributed by atoms with Gasteiger partial charge >= 0.3 is 12.0 Å². The molecular weight excluding hydrogens is 326 g/mol. The Morgan fingerprint density at radius 1 is 1.28 bits per heavy atom. The monoisotopic (exact) mass is 347 g/mol. The Balaban J connectivity index is 1.93. The standard InChI is InChI=1S/C17H21N3O5/c1-4-25-14(22)11-6-5-7-12(10-11)18-13(21)8-9-20-15(23)17(2,3)19-16(20)24/h5-7,10H,4,8-9H2,1-3H3,(H,18,21)(H,19,24). The summed E-state index contributed by atoms with van der Waals surface area (Å²) in [4.78, 5) is 48.6. The molecule has 0 aliphatic carbocycles. The van der Waals surface area contributed by atoms with Gasteiger partial charge in [0, 0.05) is 18.7 Å². The lowest BCUT2D eigenvalue weighted by Crippen LogP contribution is -2.40. The number of carbonyl (C=O) groups is 4. The van der Waals surface area contributed by atoms with Crippen molar-refractivity contribution in [2.45, 2.75) is 32.7 Å². The van der Waals surface area contributed by atoms with Crippen molar-refractivity contribution in [1.29, 1.82) is 0 Å². The molecule has 0 unspecified atom stereocenters. The van der Waals surface area contributed by atoms with Crippen LogP contribution >= 0.6 is 0 Å². The first-order chi connectivity index (χ1) is 11.7. The molecule has 1 fully saturated rings. The van der Waals surface area contributed by atoms with Gasteiger partial charge in [0.1, 0.15) is 5.54 Å². The lowest BCUT2D eigenvalue weighted by Gasteiger charge is -2.15. The van der Waals surface area contributed by atoms with Crippen molar-refractivity contribution in [1.82, 2.24) is 10.2 Å². The maximum absolute atomic E-state index is 12.1. The van der Waals surface area contributed by atoms with E-state index < -0.39 is 17.5 Å². The molecule has 2 rings (SSSR count). The zero-order valence-electron chi connectivity index (χ0n) is 14.4. The number of benzene rings is 1. The number of esters is 1. The molecule has 1 heterocycles. The highest BCUT2D eigenvalue weighted by molar-refractivity contribution is 6.06. The molecule has 1 aromatic carbocycles. The molecule has 0 radical (unpaired) electrons.